The third kappa shape index (κ3) is 4.79. The van der Waals surface area contributed by atoms with Crippen LogP contribution < -0.4 is 5.73 Å². The van der Waals surface area contributed by atoms with Crippen molar-refractivity contribution in [3.05, 3.63) is 35.9 Å². The van der Waals surface area contributed by atoms with Crippen molar-refractivity contribution in [3.8, 4) is 0 Å². The molecule has 1 amide bonds. The Bertz CT molecular complexity index is 572. The van der Waals surface area contributed by atoms with Crippen LogP contribution in [0.5, 0.6) is 0 Å². The number of rotatable bonds is 5. The molecule has 1 saturated heterocycles. The van der Waals surface area contributed by atoms with Gasteiger partial charge in [0.1, 0.15) is 6.61 Å². The second kappa shape index (κ2) is 7.77. The van der Waals surface area contributed by atoms with Gasteiger partial charge in [0.05, 0.1) is 18.1 Å². The molecular weight excluding hydrogens is 306 g/mol. The Morgan fingerprint density at radius 3 is 2.50 bits per heavy atom. The van der Waals surface area contributed by atoms with Crippen LogP contribution >= 0.6 is 0 Å². The minimum atomic E-state index is -0.508. The highest BCUT2D eigenvalue weighted by Gasteiger charge is 2.38. The summed E-state index contributed by atoms with van der Waals surface area (Å²) in [5.41, 5.74) is 6.33. The molecule has 0 radical (unpaired) electrons. The highest BCUT2D eigenvalue weighted by atomic mass is 16.5. The van der Waals surface area contributed by atoms with Crippen molar-refractivity contribution in [1.29, 1.82) is 0 Å². The second-order valence-corrected chi connectivity index (χ2v) is 6.95. The lowest BCUT2D eigenvalue weighted by molar-refractivity contribution is -0.149. The van der Waals surface area contributed by atoms with E-state index in [4.69, 9.17) is 10.5 Å². The summed E-state index contributed by atoms with van der Waals surface area (Å²) in [6.45, 7) is 8.03. The molecule has 1 heterocycles. The summed E-state index contributed by atoms with van der Waals surface area (Å²) < 4.78 is 5.33. The van der Waals surface area contributed by atoms with Crippen molar-refractivity contribution in [2.45, 2.75) is 39.0 Å². The molecule has 1 aliphatic rings. The van der Waals surface area contributed by atoms with Crippen LogP contribution in [-0.2, 0) is 20.9 Å². The number of hydrogen-bond donors (Lipinski definition) is 1. The molecule has 2 N–H and O–H groups in total. The van der Waals surface area contributed by atoms with Crippen molar-refractivity contribution in [3.63, 3.8) is 0 Å². The second-order valence-electron chi connectivity index (χ2n) is 6.95. The Kier molecular flexibility index (Phi) is 5.96. The Morgan fingerprint density at radius 2 is 1.92 bits per heavy atom. The summed E-state index contributed by atoms with van der Waals surface area (Å²) in [5, 5.41) is 0. The highest BCUT2D eigenvalue weighted by Crippen LogP contribution is 2.21. The first kappa shape index (κ1) is 18.4. The van der Waals surface area contributed by atoms with Gasteiger partial charge in [-0.1, -0.05) is 30.3 Å². The zero-order valence-electron chi connectivity index (χ0n) is 14.7. The minimum absolute atomic E-state index is 0.0497. The topological polar surface area (TPSA) is 75.9 Å². The van der Waals surface area contributed by atoms with Gasteiger partial charge in [0.2, 0.25) is 5.91 Å². The fourth-order valence-electron chi connectivity index (χ4n) is 3.01. The molecule has 1 aromatic carbocycles. The Labute approximate surface area is 143 Å². The van der Waals surface area contributed by atoms with Gasteiger partial charge in [-0.15, -0.1) is 0 Å². The fourth-order valence-corrected chi connectivity index (χ4v) is 3.01. The van der Waals surface area contributed by atoms with E-state index < -0.39 is 6.04 Å². The molecule has 6 nitrogen and oxygen atoms in total. The number of carbonyl (C=O) groups excluding carboxylic acids is 2. The summed E-state index contributed by atoms with van der Waals surface area (Å²) in [6, 6.07) is 9.10. The maximum atomic E-state index is 12.2. The van der Waals surface area contributed by atoms with Crippen molar-refractivity contribution in [1.82, 2.24) is 9.80 Å². The third-order valence-electron chi connectivity index (χ3n) is 4.23. The van der Waals surface area contributed by atoms with E-state index in [2.05, 4.69) is 0 Å². The third-order valence-corrected chi connectivity index (χ3v) is 4.23. The summed E-state index contributed by atoms with van der Waals surface area (Å²) in [7, 11) is 0. The molecule has 0 saturated carbocycles. The fraction of sp³-hybridized carbons (Fsp3) is 0.556. The molecule has 0 unspecified atom stereocenters. The minimum Gasteiger partial charge on any atom is -0.460 e. The van der Waals surface area contributed by atoms with Crippen LogP contribution in [0.15, 0.2) is 30.3 Å². The van der Waals surface area contributed by atoms with Crippen LogP contribution in [0.3, 0.4) is 0 Å². The van der Waals surface area contributed by atoms with Crippen molar-refractivity contribution >= 4 is 11.9 Å². The number of nitrogens with zero attached hydrogens (tertiary/aromatic N) is 2. The van der Waals surface area contributed by atoms with Gasteiger partial charge in [-0.3, -0.25) is 14.5 Å². The maximum absolute atomic E-state index is 12.2. The first-order valence-corrected chi connectivity index (χ1v) is 8.28. The molecule has 0 spiro atoms. The Balaban J connectivity index is 1.84. The maximum Gasteiger partial charge on any atom is 0.320 e. The van der Waals surface area contributed by atoms with E-state index in [1.807, 2.05) is 54.0 Å². The Morgan fingerprint density at radius 1 is 1.25 bits per heavy atom. The first-order valence-electron chi connectivity index (χ1n) is 8.28. The average Bonchev–Trinajstić information content (AvgIpc) is 2.52. The molecule has 2 rings (SSSR count). The molecular formula is C18H27N3O3. The van der Waals surface area contributed by atoms with Crippen LogP contribution in [0.1, 0.15) is 26.3 Å². The van der Waals surface area contributed by atoms with E-state index in [0.29, 0.717) is 19.6 Å². The summed E-state index contributed by atoms with van der Waals surface area (Å²) in [5.74, 6) is -0.298. The van der Waals surface area contributed by atoms with Crippen molar-refractivity contribution in [2.75, 3.05) is 26.2 Å². The molecule has 1 atom stereocenters. The predicted octanol–water partition coefficient (Wildman–Crippen LogP) is 1.000. The van der Waals surface area contributed by atoms with Gasteiger partial charge in [-0.05, 0) is 26.3 Å². The molecule has 1 aromatic rings. The number of hydrogen-bond acceptors (Lipinski definition) is 5. The number of nitrogens with two attached hydrogens (primary N) is 1. The van der Waals surface area contributed by atoms with Crippen LogP contribution in [0.4, 0.5) is 0 Å². The van der Waals surface area contributed by atoms with Crippen LogP contribution in [0, 0.1) is 0 Å². The van der Waals surface area contributed by atoms with E-state index in [1.54, 1.807) is 6.92 Å². The van der Waals surface area contributed by atoms with Gasteiger partial charge >= 0.3 is 5.97 Å². The summed E-state index contributed by atoms with van der Waals surface area (Å²) in [6.07, 6.45) is 0. The molecule has 0 aliphatic carbocycles. The van der Waals surface area contributed by atoms with E-state index in [9.17, 15) is 9.59 Å². The Hall–Kier alpha value is -1.92. The number of piperazine rings is 1. The largest absolute Gasteiger partial charge is 0.460 e. The van der Waals surface area contributed by atoms with E-state index in [-0.39, 0.29) is 30.6 Å². The standard InChI is InChI=1S/C18H27N3O3/c1-14(19)17(23)21-10-9-20(13-18(21,2)3)11-16(22)24-12-15-7-5-4-6-8-15/h4-8,14H,9-13,19H2,1-3H3/t14-/m0/s1. The SMILES string of the molecule is C[C@H](N)C(=O)N1CCN(CC(=O)OCc2ccccc2)CC1(C)C. The molecule has 0 aromatic heterocycles. The smallest absolute Gasteiger partial charge is 0.320 e. The molecule has 0 bridgehead atoms. The number of carbonyl (C=O) groups is 2. The quantitative estimate of drug-likeness (QED) is 0.814. The predicted molar refractivity (Wildman–Crippen MR) is 92.1 cm³/mol. The van der Waals surface area contributed by atoms with Crippen LogP contribution in [0.25, 0.3) is 0 Å². The van der Waals surface area contributed by atoms with Crippen LogP contribution in [-0.4, -0.2) is 59.4 Å². The average molecular weight is 333 g/mol. The van der Waals surface area contributed by atoms with Gasteiger partial charge in [0, 0.05) is 19.6 Å². The first-order chi connectivity index (χ1) is 11.3. The van der Waals surface area contributed by atoms with E-state index in [1.165, 1.54) is 0 Å². The van der Waals surface area contributed by atoms with Gasteiger partial charge < -0.3 is 15.4 Å². The van der Waals surface area contributed by atoms with Gasteiger partial charge in [0.15, 0.2) is 0 Å². The van der Waals surface area contributed by atoms with Crippen molar-refractivity contribution < 1.29 is 14.3 Å². The van der Waals surface area contributed by atoms with E-state index >= 15 is 0 Å². The number of benzene rings is 1. The summed E-state index contributed by atoms with van der Waals surface area (Å²) in [4.78, 5) is 28.1. The number of ether oxygens (including phenoxy) is 1. The molecule has 132 valence electrons. The van der Waals surface area contributed by atoms with Gasteiger partial charge in [-0.2, -0.15) is 0 Å². The molecule has 6 heteroatoms. The molecule has 1 aliphatic heterocycles. The van der Waals surface area contributed by atoms with Crippen LogP contribution in [0.2, 0.25) is 0 Å². The molecule has 1 fully saturated rings. The molecule has 24 heavy (non-hydrogen) atoms. The lowest BCUT2D eigenvalue weighted by Gasteiger charge is -2.47. The summed E-state index contributed by atoms with van der Waals surface area (Å²) >= 11 is 0. The normalized spacial score (nSPS) is 18.9. The number of esters is 1. The van der Waals surface area contributed by atoms with Crippen molar-refractivity contribution in [2.24, 2.45) is 5.73 Å². The zero-order chi connectivity index (χ0) is 17.7. The monoisotopic (exact) mass is 333 g/mol. The lowest BCUT2D eigenvalue weighted by Crippen LogP contribution is -2.63. The lowest BCUT2D eigenvalue weighted by atomic mass is 9.97. The zero-order valence-corrected chi connectivity index (χ0v) is 14.7. The van der Waals surface area contributed by atoms with Gasteiger partial charge in [0.25, 0.3) is 0 Å². The van der Waals surface area contributed by atoms with Gasteiger partial charge in [-0.25, -0.2) is 0 Å². The number of amides is 1. The van der Waals surface area contributed by atoms with E-state index in [0.717, 1.165) is 5.56 Å². The highest BCUT2D eigenvalue weighted by molar-refractivity contribution is 5.82.